The fraction of sp³-hybridized carbons (Fsp3) is 0.292. The van der Waals surface area contributed by atoms with Crippen molar-refractivity contribution in [1.29, 1.82) is 0 Å². The molecule has 0 radical (unpaired) electrons. The minimum atomic E-state index is -0.194. The number of carbonyl (C=O) groups is 2. The lowest BCUT2D eigenvalue weighted by molar-refractivity contribution is -0.121. The number of halogens is 2. The molecule has 168 valence electrons. The number of hydrogen-bond donors (Lipinski definition) is 2. The monoisotopic (exact) mass is 472 g/mol. The lowest BCUT2D eigenvalue weighted by Gasteiger charge is -2.13. The number of nitrogens with one attached hydrogen (secondary N) is 2. The Bertz CT molecular complexity index is 1110. The van der Waals surface area contributed by atoms with E-state index in [1.54, 1.807) is 22.9 Å². The molecule has 0 saturated heterocycles. The zero-order valence-corrected chi connectivity index (χ0v) is 19.8. The lowest BCUT2D eigenvalue weighted by Crippen LogP contribution is -2.30. The normalized spacial score (nSPS) is 10.9. The highest BCUT2D eigenvalue weighted by Crippen LogP contribution is 2.34. The van der Waals surface area contributed by atoms with E-state index in [1.807, 2.05) is 51.1 Å². The number of carbonyl (C=O) groups excluding carboxylic acids is 2. The van der Waals surface area contributed by atoms with Crippen molar-refractivity contribution in [2.24, 2.45) is 0 Å². The fourth-order valence-corrected chi connectivity index (χ4v) is 3.69. The molecule has 3 rings (SSSR count). The number of hydrogen-bond acceptors (Lipinski definition) is 3. The van der Waals surface area contributed by atoms with Gasteiger partial charge in [0.05, 0.1) is 21.4 Å². The van der Waals surface area contributed by atoms with Gasteiger partial charge in [-0.2, -0.15) is 5.10 Å². The maximum atomic E-state index is 12.8. The van der Waals surface area contributed by atoms with E-state index in [0.717, 1.165) is 16.8 Å². The smallest absolute Gasteiger partial charge is 0.225 e. The summed E-state index contributed by atoms with van der Waals surface area (Å²) in [4.78, 5) is 24.6. The summed E-state index contributed by atoms with van der Waals surface area (Å²) in [5, 5.41) is 11.3. The molecule has 1 aromatic heterocycles. The van der Waals surface area contributed by atoms with Gasteiger partial charge in [0.2, 0.25) is 11.8 Å². The molecule has 0 aliphatic rings. The minimum absolute atomic E-state index is 0.0607. The fourth-order valence-electron chi connectivity index (χ4n) is 3.39. The predicted octanol–water partition coefficient (Wildman–Crippen LogP) is 5.79. The first kappa shape index (κ1) is 23.8. The summed E-state index contributed by atoms with van der Waals surface area (Å²) >= 11 is 12.3. The van der Waals surface area contributed by atoms with Crippen LogP contribution in [0.2, 0.25) is 10.0 Å². The van der Waals surface area contributed by atoms with Crippen LogP contribution in [0.1, 0.15) is 38.8 Å². The first-order chi connectivity index (χ1) is 15.3. The highest BCUT2D eigenvalue weighted by molar-refractivity contribution is 6.42. The Morgan fingerprint density at radius 2 is 1.69 bits per heavy atom. The second-order valence-electron chi connectivity index (χ2n) is 7.81. The van der Waals surface area contributed by atoms with Crippen molar-refractivity contribution in [3.05, 3.63) is 64.3 Å². The number of amides is 2. The molecule has 8 heteroatoms. The summed E-state index contributed by atoms with van der Waals surface area (Å²) in [6, 6.07) is 15.0. The average Bonchev–Trinajstić information content (AvgIpc) is 3.05. The topological polar surface area (TPSA) is 76.0 Å². The lowest BCUT2D eigenvalue weighted by atomic mass is 10.1. The van der Waals surface area contributed by atoms with Crippen LogP contribution in [0, 0.1) is 6.92 Å². The van der Waals surface area contributed by atoms with Gasteiger partial charge in [-0.05, 0) is 51.0 Å². The molecule has 0 spiro atoms. The van der Waals surface area contributed by atoms with Crippen molar-refractivity contribution in [2.45, 2.75) is 46.1 Å². The van der Waals surface area contributed by atoms with Crippen LogP contribution in [-0.4, -0.2) is 27.6 Å². The molecule has 2 N–H and O–H groups in total. The molecule has 1 heterocycles. The second kappa shape index (κ2) is 10.7. The van der Waals surface area contributed by atoms with Gasteiger partial charge < -0.3 is 10.6 Å². The standard InChI is InChI=1S/C24H26Cl2N4O2/c1-15(2)27-21(31)10-7-11-22(32)28-24-23(17-8-5-4-6-9-17)16(3)29-30(24)18-12-13-19(25)20(26)14-18/h4-6,8-9,12-15H,7,10-11H2,1-3H3,(H,27,31)(H,28,32). The summed E-state index contributed by atoms with van der Waals surface area (Å²) in [6.45, 7) is 5.70. The molecule has 0 saturated carbocycles. The number of rotatable bonds is 8. The Morgan fingerprint density at radius 1 is 1.00 bits per heavy atom. The first-order valence-electron chi connectivity index (χ1n) is 10.5. The van der Waals surface area contributed by atoms with E-state index in [-0.39, 0.29) is 24.3 Å². The summed E-state index contributed by atoms with van der Waals surface area (Å²) in [5.74, 6) is 0.291. The van der Waals surface area contributed by atoms with Gasteiger partial charge >= 0.3 is 0 Å². The van der Waals surface area contributed by atoms with E-state index in [0.29, 0.717) is 34.4 Å². The zero-order chi connectivity index (χ0) is 23.3. The molecule has 2 aromatic carbocycles. The van der Waals surface area contributed by atoms with Crippen molar-refractivity contribution in [1.82, 2.24) is 15.1 Å². The molecule has 0 aliphatic heterocycles. The number of aryl methyl sites for hydroxylation is 1. The Hall–Kier alpha value is -2.83. The van der Waals surface area contributed by atoms with Crippen molar-refractivity contribution >= 4 is 40.8 Å². The first-order valence-corrected chi connectivity index (χ1v) is 11.2. The van der Waals surface area contributed by atoms with Crippen LogP contribution >= 0.6 is 23.2 Å². The maximum absolute atomic E-state index is 12.8. The minimum Gasteiger partial charge on any atom is -0.354 e. The Labute approximate surface area is 197 Å². The Balaban J connectivity index is 1.89. The summed E-state index contributed by atoms with van der Waals surface area (Å²) in [7, 11) is 0. The van der Waals surface area contributed by atoms with Gasteiger partial charge in [0.15, 0.2) is 0 Å². The van der Waals surface area contributed by atoms with E-state index < -0.39 is 0 Å². The van der Waals surface area contributed by atoms with Gasteiger partial charge in [-0.15, -0.1) is 0 Å². The van der Waals surface area contributed by atoms with Crippen molar-refractivity contribution in [3.63, 3.8) is 0 Å². The van der Waals surface area contributed by atoms with Gasteiger partial charge in [-0.25, -0.2) is 4.68 Å². The molecule has 0 atom stereocenters. The van der Waals surface area contributed by atoms with Crippen molar-refractivity contribution in [3.8, 4) is 16.8 Å². The quantitative estimate of drug-likeness (QED) is 0.435. The molecular weight excluding hydrogens is 447 g/mol. The van der Waals surface area contributed by atoms with Gasteiger partial charge in [-0.1, -0.05) is 53.5 Å². The van der Waals surface area contributed by atoms with Crippen molar-refractivity contribution < 1.29 is 9.59 Å². The van der Waals surface area contributed by atoms with Crippen LogP contribution in [0.4, 0.5) is 5.82 Å². The summed E-state index contributed by atoms with van der Waals surface area (Å²) in [5.41, 5.74) is 3.19. The average molecular weight is 473 g/mol. The maximum Gasteiger partial charge on any atom is 0.225 e. The van der Waals surface area contributed by atoms with E-state index in [2.05, 4.69) is 15.7 Å². The summed E-state index contributed by atoms with van der Waals surface area (Å²) < 4.78 is 1.66. The van der Waals surface area contributed by atoms with Gasteiger partial charge in [-0.3, -0.25) is 9.59 Å². The molecule has 3 aromatic rings. The van der Waals surface area contributed by atoms with Gasteiger partial charge in [0.25, 0.3) is 0 Å². The molecule has 0 unspecified atom stereocenters. The summed E-state index contributed by atoms with van der Waals surface area (Å²) in [6.07, 6.45) is 0.957. The SMILES string of the molecule is Cc1nn(-c2ccc(Cl)c(Cl)c2)c(NC(=O)CCCC(=O)NC(C)C)c1-c1ccccc1. The van der Waals surface area contributed by atoms with E-state index >= 15 is 0 Å². The second-order valence-corrected chi connectivity index (χ2v) is 8.62. The van der Waals surface area contributed by atoms with E-state index in [4.69, 9.17) is 23.2 Å². The van der Waals surface area contributed by atoms with Crippen molar-refractivity contribution in [2.75, 3.05) is 5.32 Å². The number of nitrogens with zero attached hydrogens (tertiary/aromatic N) is 2. The third-order valence-electron chi connectivity index (χ3n) is 4.79. The van der Waals surface area contributed by atoms with E-state index in [1.165, 1.54) is 0 Å². The van der Waals surface area contributed by atoms with Crippen LogP contribution in [0.5, 0.6) is 0 Å². The van der Waals surface area contributed by atoms with Crippen LogP contribution in [0.25, 0.3) is 16.8 Å². The van der Waals surface area contributed by atoms with Crippen LogP contribution < -0.4 is 10.6 Å². The molecular formula is C24H26Cl2N4O2. The van der Waals surface area contributed by atoms with Gasteiger partial charge in [0, 0.05) is 24.4 Å². The Morgan fingerprint density at radius 3 is 2.34 bits per heavy atom. The Kier molecular flexibility index (Phi) is 7.94. The van der Waals surface area contributed by atoms with Crippen LogP contribution in [0.15, 0.2) is 48.5 Å². The van der Waals surface area contributed by atoms with E-state index in [9.17, 15) is 9.59 Å². The van der Waals surface area contributed by atoms with Crippen LogP contribution in [0.3, 0.4) is 0 Å². The molecule has 2 amide bonds. The van der Waals surface area contributed by atoms with Crippen LogP contribution in [-0.2, 0) is 9.59 Å². The largest absolute Gasteiger partial charge is 0.354 e. The number of aromatic nitrogens is 2. The highest BCUT2D eigenvalue weighted by atomic mass is 35.5. The number of benzene rings is 2. The van der Waals surface area contributed by atoms with Gasteiger partial charge in [0.1, 0.15) is 5.82 Å². The predicted molar refractivity (Wildman–Crippen MR) is 130 cm³/mol. The molecule has 32 heavy (non-hydrogen) atoms. The highest BCUT2D eigenvalue weighted by Gasteiger charge is 2.20. The molecule has 6 nitrogen and oxygen atoms in total. The zero-order valence-electron chi connectivity index (χ0n) is 18.3. The third kappa shape index (κ3) is 5.90. The third-order valence-corrected chi connectivity index (χ3v) is 5.52. The molecule has 0 fully saturated rings. The number of anilines is 1. The molecule has 0 bridgehead atoms. The molecule has 0 aliphatic carbocycles.